The van der Waals surface area contributed by atoms with E-state index >= 15 is 0 Å². The highest BCUT2D eigenvalue weighted by Gasteiger charge is 2.27. The molecule has 0 saturated heterocycles. The van der Waals surface area contributed by atoms with Crippen molar-refractivity contribution in [2.45, 2.75) is 31.9 Å². The first kappa shape index (κ1) is 12.5. The summed E-state index contributed by atoms with van der Waals surface area (Å²) in [5.74, 6) is -1.35. The highest BCUT2D eigenvalue weighted by atomic mass is 19.1. The van der Waals surface area contributed by atoms with Gasteiger partial charge in [0.15, 0.2) is 6.10 Å². The molecule has 1 saturated carbocycles. The fourth-order valence-corrected chi connectivity index (χ4v) is 1.41. The molecule has 0 radical (unpaired) electrons. The summed E-state index contributed by atoms with van der Waals surface area (Å²) in [4.78, 5) is 23.2. The number of hydrogen-bond acceptors (Lipinski definition) is 3. The summed E-state index contributed by atoms with van der Waals surface area (Å²) < 4.78 is 17.7. The van der Waals surface area contributed by atoms with Gasteiger partial charge < -0.3 is 10.1 Å². The zero-order valence-electron chi connectivity index (χ0n) is 9.98. The SMILES string of the molecule is C[C@H](OC(=O)c1ccc(F)cc1)C(=O)NC1CC1. The van der Waals surface area contributed by atoms with Crippen LogP contribution in [0.1, 0.15) is 30.1 Å². The van der Waals surface area contributed by atoms with Gasteiger partial charge in [0.05, 0.1) is 5.56 Å². The monoisotopic (exact) mass is 251 g/mol. The summed E-state index contributed by atoms with van der Waals surface area (Å²) in [6.07, 6.45) is 1.11. The van der Waals surface area contributed by atoms with Crippen molar-refractivity contribution >= 4 is 11.9 Å². The lowest BCUT2D eigenvalue weighted by molar-refractivity contribution is -0.129. The molecule has 1 aromatic carbocycles. The Morgan fingerprint density at radius 2 is 1.94 bits per heavy atom. The molecule has 96 valence electrons. The minimum atomic E-state index is -0.844. The Balaban J connectivity index is 1.89. The van der Waals surface area contributed by atoms with E-state index in [1.54, 1.807) is 0 Å². The van der Waals surface area contributed by atoms with Gasteiger partial charge in [0.2, 0.25) is 0 Å². The molecule has 0 bridgehead atoms. The molecule has 0 unspecified atom stereocenters. The molecule has 0 spiro atoms. The van der Waals surface area contributed by atoms with Crippen molar-refractivity contribution in [2.24, 2.45) is 0 Å². The van der Waals surface area contributed by atoms with Gasteiger partial charge >= 0.3 is 5.97 Å². The van der Waals surface area contributed by atoms with E-state index in [1.165, 1.54) is 31.2 Å². The van der Waals surface area contributed by atoms with Gasteiger partial charge in [-0.15, -0.1) is 0 Å². The molecule has 2 rings (SSSR count). The predicted molar refractivity (Wildman–Crippen MR) is 62.4 cm³/mol. The van der Waals surface area contributed by atoms with E-state index in [9.17, 15) is 14.0 Å². The van der Waals surface area contributed by atoms with E-state index in [1.807, 2.05) is 0 Å². The molecule has 1 amide bonds. The van der Waals surface area contributed by atoms with Crippen molar-refractivity contribution in [3.8, 4) is 0 Å². The Labute approximate surface area is 104 Å². The van der Waals surface area contributed by atoms with Gasteiger partial charge in [-0.3, -0.25) is 4.79 Å². The van der Waals surface area contributed by atoms with E-state index in [0.29, 0.717) is 0 Å². The van der Waals surface area contributed by atoms with Gasteiger partial charge in [0.25, 0.3) is 5.91 Å². The summed E-state index contributed by atoms with van der Waals surface area (Å²) in [6.45, 7) is 1.51. The van der Waals surface area contributed by atoms with Crippen LogP contribution >= 0.6 is 0 Å². The van der Waals surface area contributed by atoms with Gasteiger partial charge in [-0.25, -0.2) is 9.18 Å². The van der Waals surface area contributed by atoms with Crippen LogP contribution in [-0.2, 0) is 9.53 Å². The number of esters is 1. The molecule has 4 nitrogen and oxygen atoms in total. The topological polar surface area (TPSA) is 55.4 Å². The lowest BCUT2D eigenvalue weighted by Crippen LogP contribution is -2.37. The van der Waals surface area contributed by atoms with E-state index in [4.69, 9.17) is 4.74 Å². The second-order valence-corrected chi connectivity index (χ2v) is 4.34. The van der Waals surface area contributed by atoms with Crippen LogP contribution in [0.4, 0.5) is 4.39 Å². The summed E-state index contributed by atoms with van der Waals surface area (Å²) in [5.41, 5.74) is 0.225. The van der Waals surface area contributed by atoms with Crippen LogP contribution in [0.3, 0.4) is 0 Å². The van der Waals surface area contributed by atoms with Crippen LogP contribution in [0.25, 0.3) is 0 Å². The van der Waals surface area contributed by atoms with Crippen LogP contribution in [-0.4, -0.2) is 24.0 Å². The molecule has 1 aliphatic carbocycles. The van der Waals surface area contributed by atoms with Gasteiger partial charge in [-0.05, 0) is 44.0 Å². The van der Waals surface area contributed by atoms with Gasteiger partial charge in [0.1, 0.15) is 5.82 Å². The predicted octanol–water partition coefficient (Wildman–Crippen LogP) is 1.65. The van der Waals surface area contributed by atoms with Crippen LogP contribution in [0.5, 0.6) is 0 Å². The summed E-state index contributed by atoms with van der Waals surface area (Å²) >= 11 is 0. The van der Waals surface area contributed by atoms with Crippen molar-refractivity contribution in [2.75, 3.05) is 0 Å². The molecule has 18 heavy (non-hydrogen) atoms. The van der Waals surface area contributed by atoms with E-state index in [-0.39, 0.29) is 17.5 Å². The number of nitrogens with one attached hydrogen (secondary N) is 1. The zero-order valence-corrected chi connectivity index (χ0v) is 9.98. The molecular weight excluding hydrogens is 237 g/mol. The third kappa shape index (κ3) is 3.29. The molecular formula is C13H14FNO3. The van der Waals surface area contributed by atoms with Crippen LogP contribution in [0, 0.1) is 5.82 Å². The number of ether oxygens (including phenoxy) is 1. The standard InChI is InChI=1S/C13H14FNO3/c1-8(12(16)15-11-6-7-11)18-13(17)9-2-4-10(14)5-3-9/h2-5,8,11H,6-7H2,1H3,(H,15,16)/t8-/m0/s1. The van der Waals surface area contributed by atoms with Crippen LogP contribution < -0.4 is 5.32 Å². The minimum Gasteiger partial charge on any atom is -0.449 e. The van der Waals surface area contributed by atoms with Gasteiger partial charge in [-0.1, -0.05) is 0 Å². The van der Waals surface area contributed by atoms with E-state index in [2.05, 4.69) is 5.32 Å². The maximum absolute atomic E-state index is 12.7. The van der Waals surface area contributed by atoms with Crippen molar-refractivity contribution in [3.05, 3.63) is 35.6 Å². The Kier molecular flexibility index (Phi) is 3.60. The smallest absolute Gasteiger partial charge is 0.338 e. The number of halogens is 1. The maximum Gasteiger partial charge on any atom is 0.338 e. The first-order chi connectivity index (χ1) is 8.56. The third-order valence-corrected chi connectivity index (χ3v) is 2.66. The normalized spacial score (nSPS) is 15.9. The van der Waals surface area contributed by atoms with Crippen LogP contribution in [0.2, 0.25) is 0 Å². The average molecular weight is 251 g/mol. The minimum absolute atomic E-state index is 0.225. The molecule has 0 aliphatic heterocycles. The first-order valence-electron chi connectivity index (χ1n) is 5.83. The molecule has 0 heterocycles. The largest absolute Gasteiger partial charge is 0.449 e. The number of carbonyl (C=O) groups excluding carboxylic acids is 2. The fraction of sp³-hybridized carbons (Fsp3) is 0.385. The number of hydrogen-bond donors (Lipinski definition) is 1. The second-order valence-electron chi connectivity index (χ2n) is 4.34. The van der Waals surface area contributed by atoms with Crippen molar-refractivity contribution in [1.29, 1.82) is 0 Å². The molecule has 1 aromatic rings. The second kappa shape index (κ2) is 5.16. The average Bonchev–Trinajstić information content (AvgIpc) is 3.13. The molecule has 1 aliphatic rings. The summed E-state index contributed by atoms with van der Waals surface area (Å²) in [5, 5.41) is 2.74. The Hall–Kier alpha value is -1.91. The first-order valence-corrected chi connectivity index (χ1v) is 5.83. The lowest BCUT2D eigenvalue weighted by atomic mass is 10.2. The van der Waals surface area contributed by atoms with Crippen molar-refractivity contribution in [3.63, 3.8) is 0 Å². The van der Waals surface area contributed by atoms with Crippen molar-refractivity contribution < 1.29 is 18.7 Å². The van der Waals surface area contributed by atoms with Gasteiger partial charge in [-0.2, -0.15) is 0 Å². The Bertz CT molecular complexity index is 454. The molecule has 1 fully saturated rings. The third-order valence-electron chi connectivity index (χ3n) is 2.66. The van der Waals surface area contributed by atoms with Crippen LogP contribution in [0.15, 0.2) is 24.3 Å². The number of benzene rings is 1. The zero-order chi connectivity index (χ0) is 13.1. The number of carbonyl (C=O) groups is 2. The molecule has 5 heteroatoms. The van der Waals surface area contributed by atoms with Crippen molar-refractivity contribution in [1.82, 2.24) is 5.32 Å². The summed E-state index contributed by atoms with van der Waals surface area (Å²) in [6, 6.07) is 5.22. The lowest BCUT2D eigenvalue weighted by Gasteiger charge is -2.13. The van der Waals surface area contributed by atoms with E-state index in [0.717, 1.165) is 12.8 Å². The Morgan fingerprint density at radius 3 is 2.50 bits per heavy atom. The molecule has 0 aromatic heterocycles. The molecule has 1 atom stereocenters. The Morgan fingerprint density at radius 1 is 1.33 bits per heavy atom. The summed E-state index contributed by atoms with van der Waals surface area (Å²) in [7, 11) is 0. The highest BCUT2D eigenvalue weighted by molar-refractivity contribution is 5.92. The van der Waals surface area contributed by atoms with Gasteiger partial charge in [0, 0.05) is 6.04 Å². The quantitative estimate of drug-likeness (QED) is 0.828. The van der Waals surface area contributed by atoms with E-state index < -0.39 is 17.9 Å². The molecule has 1 N–H and O–H groups in total. The number of amides is 1. The number of rotatable bonds is 4. The fourth-order valence-electron chi connectivity index (χ4n) is 1.41. The maximum atomic E-state index is 12.7. The highest BCUT2D eigenvalue weighted by Crippen LogP contribution is 2.19.